The van der Waals surface area contributed by atoms with Gasteiger partial charge >= 0.3 is 0 Å². The minimum Gasteiger partial charge on any atom is -0.223 e. The van der Waals surface area contributed by atoms with Crippen molar-refractivity contribution in [3.8, 4) is 0 Å². The van der Waals surface area contributed by atoms with Crippen molar-refractivity contribution >= 4 is 11.6 Å². The van der Waals surface area contributed by atoms with Crippen LogP contribution in [0.4, 0.5) is 13.2 Å². The molecule has 0 aliphatic heterocycles. The Morgan fingerprint density at radius 1 is 1.23 bits per heavy atom. The first-order chi connectivity index (χ1) is 6.02. The lowest BCUT2D eigenvalue weighted by Gasteiger charge is -2.15. The van der Waals surface area contributed by atoms with Crippen molar-refractivity contribution in [1.29, 1.82) is 0 Å². The Morgan fingerprint density at radius 2 is 1.77 bits per heavy atom. The first kappa shape index (κ1) is 10.4. The molecule has 0 saturated heterocycles. The minimum absolute atomic E-state index is 0.371. The van der Waals surface area contributed by atoms with E-state index in [2.05, 4.69) is 0 Å². The van der Waals surface area contributed by atoms with E-state index < -0.39 is 18.0 Å². The third-order valence-electron chi connectivity index (χ3n) is 1.60. The molecule has 0 aliphatic rings. The van der Waals surface area contributed by atoms with Crippen LogP contribution in [0.2, 0.25) is 0 Å². The number of alkyl halides is 4. The fourth-order valence-electron chi connectivity index (χ4n) is 0.945. The molecule has 1 rings (SSSR count). The number of halogens is 4. The third-order valence-corrected chi connectivity index (χ3v) is 1.92. The van der Waals surface area contributed by atoms with E-state index in [4.69, 9.17) is 11.6 Å². The van der Waals surface area contributed by atoms with E-state index in [1.54, 1.807) is 18.2 Å². The van der Waals surface area contributed by atoms with Crippen molar-refractivity contribution in [2.45, 2.75) is 18.0 Å². The molecular formula is C9H8ClF3. The van der Waals surface area contributed by atoms with E-state index in [0.29, 0.717) is 5.56 Å². The Bertz CT molecular complexity index is 259. The van der Waals surface area contributed by atoms with Gasteiger partial charge in [0.05, 0.1) is 0 Å². The average Bonchev–Trinajstić information content (AvgIpc) is 2.05. The summed E-state index contributed by atoms with van der Waals surface area (Å²) in [4.78, 5) is 0. The van der Waals surface area contributed by atoms with Crippen LogP contribution in [0.3, 0.4) is 0 Å². The molecule has 0 fully saturated rings. The van der Waals surface area contributed by atoms with Crippen LogP contribution in [0.15, 0.2) is 30.3 Å². The molecule has 0 bridgehead atoms. The minimum atomic E-state index is -3.50. The number of rotatable bonds is 3. The highest BCUT2D eigenvalue weighted by atomic mass is 35.5. The molecule has 0 amide bonds. The van der Waals surface area contributed by atoms with E-state index in [9.17, 15) is 13.2 Å². The van der Waals surface area contributed by atoms with Gasteiger partial charge in [0.25, 0.3) is 5.92 Å². The summed E-state index contributed by atoms with van der Waals surface area (Å²) in [6.45, 7) is 0. The number of hydrogen-bond acceptors (Lipinski definition) is 0. The predicted octanol–water partition coefficient (Wildman–Crippen LogP) is 3.40. The summed E-state index contributed by atoms with van der Waals surface area (Å²) in [5, 5.41) is 0. The van der Waals surface area contributed by atoms with Crippen LogP contribution in [0, 0.1) is 0 Å². The standard InChI is InChI=1S/C9H8ClF3/c10-8(11)9(12,13)6-7-4-2-1-3-5-7/h1-5,8H,6H2. The molecule has 72 valence electrons. The summed E-state index contributed by atoms with van der Waals surface area (Å²) in [5.74, 6) is -3.50. The summed E-state index contributed by atoms with van der Waals surface area (Å²) in [6, 6.07) is 7.95. The van der Waals surface area contributed by atoms with Crippen molar-refractivity contribution in [3.63, 3.8) is 0 Å². The molecule has 1 aromatic carbocycles. The number of benzene rings is 1. The zero-order valence-electron chi connectivity index (χ0n) is 6.68. The van der Waals surface area contributed by atoms with Crippen molar-refractivity contribution < 1.29 is 13.2 Å². The van der Waals surface area contributed by atoms with Crippen molar-refractivity contribution in [2.24, 2.45) is 0 Å². The highest BCUT2D eigenvalue weighted by molar-refractivity contribution is 6.20. The lowest BCUT2D eigenvalue weighted by atomic mass is 10.1. The van der Waals surface area contributed by atoms with Gasteiger partial charge in [0, 0.05) is 6.42 Å². The monoisotopic (exact) mass is 208 g/mol. The van der Waals surface area contributed by atoms with Gasteiger partial charge in [0.2, 0.25) is 5.63 Å². The Kier molecular flexibility index (Phi) is 3.20. The molecule has 0 spiro atoms. The van der Waals surface area contributed by atoms with Crippen LogP contribution < -0.4 is 0 Å². The molecule has 0 aliphatic carbocycles. The Hall–Kier alpha value is -0.700. The van der Waals surface area contributed by atoms with Crippen LogP contribution in [-0.4, -0.2) is 11.6 Å². The van der Waals surface area contributed by atoms with Crippen molar-refractivity contribution in [3.05, 3.63) is 35.9 Å². The van der Waals surface area contributed by atoms with Crippen LogP contribution >= 0.6 is 11.6 Å². The molecule has 1 aromatic rings. The fraction of sp³-hybridized carbons (Fsp3) is 0.333. The van der Waals surface area contributed by atoms with Crippen LogP contribution in [0.25, 0.3) is 0 Å². The van der Waals surface area contributed by atoms with Gasteiger partial charge in [-0.05, 0) is 5.56 Å². The third kappa shape index (κ3) is 2.92. The quantitative estimate of drug-likeness (QED) is 0.668. The molecule has 0 nitrogen and oxygen atoms in total. The second-order valence-corrected chi connectivity index (χ2v) is 3.11. The molecule has 0 aromatic heterocycles. The van der Waals surface area contributed by atoms with E-state index >= 15 is 0 Å². The number of hydrogen-bond donors (Lipinski definition) is 0. The molecule has 0 saturated carbocycles. The van der Waals surface area contributed by atoms with Gasteiger partial charge in [-0.25, -0.2) is 13.2 Å². The van der Waals surface area contributed by atoms with Gasteiger partial charge in [0.15, 0.2) is 0 Å². The predicted molar refractivity (Wildman–Crippen MR) is 45.8 cm³/mol. The van der Waals surface area contributed by atoms with Crippen LogP contribution in [0.1, 0.15) is 5.56 Å². The van der Waals surface area contributed by atoms with Crippen LogP contribution in [0.5, 0.6) is 0 Å². The second-order valence-electron chi connectivity index (χ2n) is 2.72. The lowest BCUT2D eigenvalue weighted by Crippen LogP contribution is -2.28. The molecule has 4 heteroatoms. The molecular weight excluding hydrogens is 201 g/mol. The Morgan fingerprint density at radius 3 is 2.23 bits per heavy atom. The van der Waals surface area contributed by atoms with Gasteiger partial charge in [-0.3, -0.25) is 0 Å². The van der Waals surface area contributed by atoms with Gasteiger partial charge in [-0.15, -0.1) is 0 Å². The topological polar surface area (TPSA) is 0 Å². The summed E-state index contributed by atoms with van der Waals surface area (Å²) < 4.78 is 37.6. The largest absolute Gasteiger partial charge is 0.296 e. The van der Waals surface area contributed by atoms with Crippen molar-refractivity contribution in [1.82, 2.24) is 0 Å². The summed E-state index contributed by atoms with van der Waals surface area (Å²) >= 11 is 4.70. The molecule has 0 heterocycles. The maximum atomic E-state index is 12.7. The highest BCUT2D eigenvalue weighted by Crippen LogP contribution is 2.28. The second kappa shape index (κ2) is 4.01. The van der Waals surface area contributed by atoms with Crippen molar-refractivity contribution in [2.75, 3.05) is 0 Å². The zero-order valence-corrected chi connectivity index (χ0v) is 7.44. The van der Waals surface area contributed by atoms with Crippen LogP contribution in [-0.2, 0) is 6.42 Å². The van der Waals surface area contributed by atoms with E-state index in [0.717, 1.165) is 0 Å². The first-order valence-corrected chi connectivity index (χ1v) is 4.16. The molecule has 13 heavy (non-hydrogen) atoms. The van der Waals surface area contributed by atoms with Gasteiger partial charge < -0.3 is 0 Å². The molecule has 0 N–H and O–H groups in total. The molecule has 1 unspecified atom stereocenters. The first-order valence-electron chi connectivity index (χ1n) is 3.72. The average molecular weight is 209 g/mol. The fourth-order valence-corrected chi connectivity index (χ4v) is 1.02. The Balaban J connectivity index is 2.69. The summed E-state index contributed by atoms with van der Waals surface area (Å²) in [7, 11) is 0. The zero-order chi connectivity index (χ0) is 9.90. The summed E-state index contributed by atoms with van der Waals surface area (Å²) in [5.41, 5.74) is -2.26. The van der Waals surface area contributed by atoms with E-state index in [-0.39, 0.29) is 0 Å². The summed E-state index contributed by atoms with van der Waals surface area (Å²) in [6.07, 6.45) is -0.668. The van der Waals surface area contributed by atoms with E-state index in [1.807, 2.05) is 0 Å². The van der Waals surface area contributed by atoms with E-state index in [1.165, 1.54) is 12.1 Å². The maximum Gasteiger partial charge on any atom is 0.296 e. The van der Waals surface area contributed by atoms with Gasteiger partial charge in [-0.1, -0.05) is 41.9 Å². The molecule has 1 atom stereocenters. The van der Waals surface area contributed by atoms with Gasteiger partial charge in [-0.2, -0.15) is 0 Å². The normalized spacial score (nSPS) is 14.2. The SMILES string of the molecule is FC(Cl)C(F)(F)Cc1ccccc1. The lowest BCUT2D eigenvalue weighted by molar-refractivity contribution is -0.0393. The molecule has 0 radical (unpaired) electrons. The van der Waals surface area contributed by atoms with Gasteiger partial charge in [0.1, 0.15) is 0 Å². The maximum absolute atomic E-state index is 12.7. The highest BCUT2D eigenvalue weighted by Gasteiger charge is 2.38. The smallest absolute Gasteiger partial charge is 0.223 e. The Labute approximate surface area is 79.3 Å².